The summed E-state index contributed by atoms with van der Waals surface area (Å²) in [5, 5.41) is 3.57. The van der Waals surface area contributed by atoms with Crippen LogP contribution in [0.2, 0.25) is 0 Å². The normalized spacial score (nSPS) is 15.6. The van der Waals surface area contributed by atoms with Gasteiger partial charge < -0.3 is 10.2 Å². The summed E-state index contributed by atoms with van der Waals surface area (Å²) in [6.07, 6.45) is 1.92. The summed E-state index contributed by atoms with van der Waals surface area (Å²) in [6.45, 7) is 8.98. The van der Waals surface area contributed by atoms with Crippen molar-refractivity contribution in [3.05, 3.63) is 106 Å². The van der Waals surface area contributed by atoms with Crippen LogP contribution in [-0.4, -0.2) is 47.9 Å². The van der Waals surface area contributed by atoms with E-state index in [2.05, 4.69) is 34.5 Å². The number of hydrogen-bond donors (Lipinski definition) is 1. The molecule has 184 valence electrons. The average molecular weight is 474 g/mol. The van der Waals surface area contributed by atoms with Gasteiger partial charge in [0, 0.05) is 50.9 Å². The number of rotatable bonds is 10. The van der Waals surface area contributed by atoms with Gasteiger partial charge in [-0.15, -0.1) is 0 Å². The Hall–Kier alpha value is -3.02. The molecule has 0 saturated carbocycles. The van der Waals surface area contributed by atoms with E-state index in [0.29, 0.717) is 6.04 Å². The molecule has 0 bridgehead atoms. The molecule has 0 saturated heterocycles. The first-order valence-corrected chi connectivity index (χ1v) is 12.7. The van der Waals surface area contributed by atoms with Crippen molar-refractivity contribution >= 4 is 5.91 Å². The van der Waals surface area contributed by atoms with E-state index < -0.39 is 0 Å². The molecule has 35 heavy (non-hydrogen) atoms. The van der Waals surface area contributed by atoms with E-state index in [0.717, 1.165) is 57.7 Å². The summed E-state index contributed by atoms with van der Waals surface area (Å²) >= 11 is 0. The molecule has 3 aromatic rings. The van der Waals surface area contributed by atoms with E-state index in [1.54, 1.807) is 12.1 Å². The highest BCUT2D eigenvalue weighted by atomic mass is 19.1. The third-order valence-corrected chi connectivity index (χ3v) is 7.00. The maximum absolute atomic E-state index is 13.4. The van der Waals surface area contributed by atoms with Gasteiger partial charge in [-0.3, -0.25) is 9.69 Å². The predicted octanol–water partition coefficient (Wildman–Crippen LogP) is 5.07. The van der Waals surface area contributed by atoms with E-state index in [-0.39, 0.29) is 11.7 Å². The molecule has 0 fully saturated rings. The number of fused-ring (bicyclic) bond motifs is 1. The molecule has 3 aromatic carbocycles. The maximum Gasteiger partial charge on any atom is 0.253 e. The summed E-state index contributed by atoms with van der Waals surface area (Å²) < 4.78 is 13.4. The molecule has 1 amide bonds. The number of carbonyl (C=O) groups is 1. The molecule has 4 nitrogen and oxygen atoms in total. The van der Waals surface area contributed by atoms with Gasteiger partial charge in [0.1, 0.15) is 5.82 Å². The number of amides is 1. The van der Waals surface area contributed by atoms with E-state index in [1.165, 1.54) is 22.3 Å². The SMILES string of the molecule is CCN(CC)C(=O)c1ccc(CNCCN2Cc3ccccc3CC2Cc2ccc(F)cc2)cc1. The molecule has 4 rings (SSSR count). The van der Waals surface area contributed by atoms with Crippen LogP contribution in [0.5, 0.6) is 0 Å². The molecule has 5 heteroatoms. The third-order valence-electron chi connectivity index (χ3n) is 7.00. The highest BCUT2D eigenvalue weighted by molar-refractivity contribution is 5.94. The maximum atomic E-state index is 13.4. The predicted molar refractivity (Wildman–Crippen MR) is 140 cm³/mol. The lowest BCUT2D eigenvalue weighted by atomic mass is 9.90. The lowest BCUT2D eigenvalue weighted by molar-refractivity contribution is 0.0773. The molecule has 1 aliphatic heterocycles. The highest BCUT2D eigenvalue weighted by Crippen LogP contribution is 2.25. The van der Waals surface area contributed by atoms with Gasteiger partial charge in [-0.1, -0.05) is 48.5 Å². The van der Waals surface area contributed by atoms with Crippen molar-refractivity contribution < 1.29 is 9.18 Å². The summed E-state index contributed by atoms with van der Waals surface area (Å²) in [4.78, 5) is 16.9. The number of hydrogen-bond acceptors (Lipinski definition) is 3. The van der Waals surface area contributed by atoms with Crippen LogP contribution in [0.3, 0.4) is 0 Å². The topological polar surface area (TPSA) is 35.6 Å². The second-order valence-corrected chi connectivity index (χ2v) is 9.28. The number of benzene rings is 3. The van der Waals surface area contributed by atoms with Gasteiger partial charge in [-0.2, -0.15) is 0 Å². The molecule has 1 N–H and O–H groups in total. The fourth-order valence-electron chi connectivity index (χ4n) is 4.91. The molecule has 0 spiro atoms. The molecule has 1 atom stereocenters. The van der Waals surface area contributed by atoms with E-state index in [1.807, 2.05) is 55.1 Å². The molecular formula is C30H36FN3O. The number of nitrogens with zero attached hydrogens (tertiary/aromatic N) is 2. The van der Waals surface area contributed by atoms with Crippen LogP contribution in [0.25, 0.3) is 0 Å². The van der Waals surface area contributed by atoms with Crippen molar-refractivity contribution in [3.63, 3.8) is 0 Å². The first-order valence-electron chi connectivity index (χ1n) is 12.7. The standard InChI is InChI=1S/C30H36FN3O/c1-3-33(4-2)30(35)25-13-9-24(10-14-25)21-32-17-18-34-22-27-8-6-5-7-26(27)20-29(34)19-23-11-15-28(31)16-12-23/h5-16,29,32H,3-4,17-22H2,1-2H3. The molecule has 0 aromatic heterocycles. The summed E-state index contributed by atoms with van der Waals surface area (Å²) in [5.41, 5.74) is 5.91. The Morgan fingerprint density at radius 2 is 1.60 bits per heavy atom. The smallest absolute Gasteiger partial charge is 0.253 e. The van der Waals surface area contributed by atoms with Gasteiger partial charge >= 0.3 is 0 Å². The van der Waals surface area contributed by atoms with E-state index in [4.69, 9.17) is 0 Å². The minimum Gasteiger partial charge on any atom is -0.339 e. The fraction of sp³-hybridized carbons (Fsp3) is 0.367. The van der Waals surface area contributed by atoms with Crippen molar-refractivity contribution in [1.29, 1.82) is 0 Å². The average Bonchev–Trinajstić information content (AvgIpc) is 2.89. The first kappa shape index (κ1) is 25.1. The molecule has 0 radical (unpaired) electrons. The Labute approximate surface area is 208 Å². The lowest BCUT2D eigenvalue weighted by Gasteiger charge is -2.37. The monoisotopic (exact) mass is 473 g/mol. The summed E-state index contributed by atoms with van der Waals surface area (Å²) in [5.74, 6) is -0.0960. The van der Waals surface area contributed by atoms with Crippen LogP contribution in [0, 0.1) is 5.82 Å². The Balaban J connectivity index is 1.33. The Bertz CT molecular complexity index is 1090. The van der Waals surface area contributed by atoms with Crippen LogP contribution in [0.1, 0.15) is 46.5 Å². The lowest BCUT2D eigenvalue weighted by Crippen LogP contribution is -2.44. The minimum atomic E-state index is -0.186. The van der Waals surface area contributed by atoms with Gasteiger partial charge in [0.05, 0.1) is 0 Å². The first-order chi connectivity index (χ1) is 17.1. The van der Waals surface area contributed by atoms with Crippen LogP contribution < -0.4 is 5.32 Å². The molecule has 1 aliphatic rings. The van der Waals surface area contributed by atoms with Crippen molar-refractivity contribution in [2.24, 2.45) is 0 Å². The molecule has 1 unspecified atom stereocenters. The number of carbonyl (C=O) groups excluding carboxylic acids is 1. The second-order valence-electron chi connectivity index (χ2n) is 9.28. The van der Waals surface area contributed by atoms with Crippen LogP contribution in [-0.2, 0) is 25.9 Å². The van der Waals surface area contributed by atoms with Crippen molar-refractivity contribution in [3.8, 4) is 0 Å². The zero-order valence-electron chi connectivity index (χ0n) is 20.8. The molecular weight excluding hydrogens is 437 g/mol. The molecule has 1 heterocycles. The third kappa shape index (κ3) is 6.56. The molecule has 0 aliphatic carbocycles. The van der Waals surface area contributed by atoms with Crippen LogP contribution in [0.15, 0.2) is 72.8 Å². The van der Waals surface area contributed by atoms with Gasteiger partial charge in [-0.25, -0.2) is 4.39 Å². The van der Waals surface area contributed by atoms with Crippen molar-refractivity contribution in [2.45, 2.75) is 45.8 Å². The summed E-state index contributed by atoms with van der Waals surface area (Å²) in [6, 6.07) is 23.9. The number of halogens is 1. The van der Waals surface area contributed by atoms with Gasteiger partial charge in [0.2, 0.25) is 0 Å². The van der Waals surface area contributed by atoms with Crippen LogP contribution in [0.4, 0.5) is 4.39 Å². The number of nitrogens with one attached hydrogen (secondary N) is 1. The van der Waals surface area contributed by atoms with Gasteiger partial charge in [-0.05, 0) is 73.2 Å². The highest BCUT2D eigenvalue weighted by Gasteiger charge is 2.25. The zero-order chi connectivity index (χ0) is 24.6. The largest absolute Gasteiger partial charge is 0.339 e. The minimum absolute atomic E-state index is 0.0899. The van der Waals surface area contributed by atoms with E-state index in [9.17, 15) is 9.18 Å². The Morgan fingerprint density at radius 1 is 0.943 bits per heavy atom. The van der Waals surface area contributed by atoms with Gasteiger partial charge in [0.15, 0.2) is 0 Å². The van der Waals surface area contributed by atoms with Gasteiger partial charge in [0.25, 0.3) is 5.91 Å². The Morgan fingerprint density at radius 3 is 2.29 bits per heavy atom. The quantitative estimate of drug-likeness (QED) is 0.418. The van der Waals surface area contributed by atoms with Crippen molar-refractivity contribution in [2.75, 3.05) is 26.2 Å². The fourth-order valence-corrected chi connectivity index (χ4v) is 4.91. The van der Waals surface area contributed by atoms with Crippen molar-refractivity contribution in [1.82, 2.24) is 15.1 Å². The van der Waals surface area contributed by atoms with Crippen LogP contribution >= 0.6 is 0 Å². The summed E-state index contributed by atoms with van der Waals surface area (Å²) in [7, 11) is 0. The Kier molecular flexibility index (Phi) is 8.67. The van der Waals surface area contributed by atoms with E-state index >= 15 is 0 Å². The zero-order valence-corrected chi connectivity index (χ0v) is 20.8. The second kappa shape index (κ2) is 12.1.